The molecule has 0 N–H and O–H groups in total. The zero-order valence-corrected chi connectivity index (χ0v) is 30.7. The first-order valence-electron chi connectivity index (χ1n) is 19.2. The summed E-state index contributed by atoms with van der Waals surface area (Å²) >= 11 is 0. The monoisotopic (exact) mass is 714 g/mol. The van der Waals surface area contributed by atoms with Crippen LogP contribution in [-0.2, 0) is 9.59 Å². The van der Waals surface area contributed by atoms with Gasteiger partial charge in [-0.15, -0.1) is 0 Å². The SMILES string of the molecule is O=C=C1C=CC(N(c2ccccc2)c2ccc(-c3ccc(N(C4=CCC(=C=O)C=C4)c4ccccc4)c4c3OCCCCCCCCCCO4)cc2)=CC1. The molecule has 4 aromatic rings. The predicted molar refractivity (Wildman–Crippen MR) is 219 cm³/mol. The summed E-state index contributed by atoms with van der Waals surface area (Å²) in [6.45, 7) is 1.17. The Balaban J connectivity index is 1.33. The quantitative estimate of drug-likeness (QED) is 0.178. The topological polar surface area (TPSA) is 59.1 Å². The maximum atomic E-state index is 11.5. The summed E-state index contributed by atoms with van der Waals surface area (Å²) < 4.78 is 13.7. The summed E-state index contributed by atoms with van der Waals surface area (Å²) in [6.07, 6.45) is 22.0. The summed E-state index contributed by atoms with van der Waals surface area (Å²) in [6, 6.07) is 33.4. The fourth-order valence-electron chi connectivity index (χ4n) is 7.23. The van der Waals surface area contributed by atoms with Crippen LogP contribution < -0.4 is 19.3 Å². The Labute approximate surface area is 318 Å². The molecule has 1 heterocycles. The zero-order valence-electron chi connectivity index (χ0n) is 30.7. The maximum Gasteiger partial charge on any atom is 0.185 e. The minimum absolute atomic E-state index is 0.504. The van der Waals surface area contributed by atoms with Gasteiger partial charge < -0.3 is 19.3 Å². The molecule has 0 atom stereocenters. The van der Waals surface area contributed by atoms with Gasteiger partial charge in [0, 0.05) is 58.0 Å². The number of carbonyl (C=O) groups excluding carboxylic acids is 2. The van der Waals surface area contributed by atoms with Crippen molar-refractivity contribution in [2.24, 2.45) is 0 Å². The van der Waals surface area contributed by atoms with Gasteiger partial charge in [0.25, 0.3) is 0 Å². The lowest BCUT2D eigenvalue weighted by molar-refractivity contribution is 0.258. The number of fused-ring (bicyclic) bond motifs is 1. The average Bonchev–Trinajstić information content (AvgIpc) is 3.23. The number of anilines is 4. The molecule has 3 aliphatic rings. The highest BCUT2D eigenvalue weighted by molar-refractivity contribution is 5.86. The second kappa shape index (κ2) is 18.1. The molecule has 0 aromatic heterocycles. The van der Waals surface area contributed by atoms with Crippen molar-refractivity contribution in [2.75, 3.05) is 23.0 Å². The number of benzene rings is 4. The molecular formula is C48H46N2O4. The first-order chi connectivity index (χ1) is 26.7. The van der Waals surface area contributed by atoms with Crippen molar-refractivity contribution in [3.8, 4) is 22.6 Å². The van der Waals surface area contributed by atoms with Crippen LogP contribution in [0, 0.1) is 0 Å². The molecule has 0 saturated heterocycles. The van der Waals surface area contributed by atoms with Gasteiger partial charge >= 0.3 is 0 Å². The Morgan fingerprint density at radius 3 is 1.46 bits per heavy atom. The summed E-state index contributed by atoms with van der Waals surface area (Å²) in [5.74, 6) is 5.54. The van der Waals surface area contributed by atoms with E-state index in [-0.39, 0.29) is 0 Å². The van der Waals surface area contributed by atoms with Gasteiger partial charge in [0.1, 0.15) is 11.9 Å². The smallest absolute Gasteiger partial charge is 0.185 e. The largest absolute Gasteiger partial charge is 0.489 e. The van der Waals surface area contributed by atoms with Crippen molar-refractivity contribution in [1.29, 1.82) is 0 Å². The molecule has 0 bridgehead atoms. The third-order valence-corrected chi connectivity index (χ3v) is 10.1. The number of hydrogen-bond donors (Lipinski definition) is 0. The van der Waals surface area contributed by atoms with E-state index in [0.717, 1.165) is 76.7 Å². The lowest BCUT2D eigenvalue weighted by Gasteiger charge is -2.31. The van der Waals surface area contributed by atoms with Crippen LogP contribution in [0.15, 0.2) is 156 Å². The normalized spacial score (nSPS) is 16.3. The lowest BCUT2D eigenvalue weighted by Crippen LogP contribution is -2.18. The molecule has 1 aliphatic heterocycles. The second-order valence-electron chi connectivity index (χ2n) is 13.8. The number of allylic oxidation sites excluding steroid dienone is 8. The molecule has 7 rings (SSSR count). The third kappa shape index (κ3) is 8.59. The average molecular weight is 715 g/mol. The van der Waals surface area contributed by atoms with Crippen LogP contribution in [0.3, 0.4) is 0 Å². The van der Waals surface area contributed by atoms with E-state index in [4.69, 9.17) is 9.47 Å². The summed E-state index contributed by atoms with van der Waals surface area (Å²) in [4.78, 5) is 27.2. The molecule has 0 amide bonds. The highest BCUT2D eigenvalue weighted by Gasteiger charge is 2.26. The van der Waals surface area contributed by atoms with Crippen LogP contribution in [0.4, 0.5) is 22.7 Å². The lowest BCUT2D eigenvalue weighted by atomic mass is 10.00. The van der Waals surface area contributed by atoms with Crippen LogP contribution in [0.5, 0.6) is 11.5 Å². The highest BCUT2D eigenvalue weighted by Crippen LogP contribution is 2.49. The first kappa shape index (κ1) is 36.3. The Morgan fingerprint density at radius 2 is 0.944 bits per heavy atom. The van der Waals surface area contributed by atoms with E-state index in [1.54, 1.807) is 0 Å². The Hall–Kier alpha value is -6.06. The molecule has 0 radical (unpaired) electrons. The standard InChI is InChI=1S/C48H46N2O4/c51-35-37-19-25-42(26-20-37)49(40-15-9-7-10-16-40)43-29-23-39(24-30-43)45-31-32-46(48-47(45)53-33-13-5-3-1-2-4-6-14-34-54-48)50(41-17-11-8-12-18-41)44-27-21-38(36-52)22-28-44/h7-12,15-19,21,23-32H,1-6,13-14,20,22,33-34H2. The molecule has 6 heteroatoms. The van der Waals surface area contributed by atoms with Crippen LogP contribution in [0.1, 0.15) is 64.2 Å². The highest BCUT2D eigenvalue weighted by atomic mass is 16.5. The minimum atomic E-state index is 0.504. The van der Waals surface area contributed by atoms with E-state index in [2.05, 4.69) is 88.6 Å². The van der Waals surface area contributed by atoms with Gasteiger partial charge in [0.2, 0.25) is 0 Å². The van der Waals surface area contributed by atoms with Gasteiger partial charge in [-0.3, -0.25) is 0 Å². The molecular weight excluding hydrogens is 669 g/mol. The number of ether oxygens (including phenoxy) is 2. The molecule has 54 heavy (non-hydrogen) atoms. The molecule has 0 spiro atoms. The fraction of sp³-hybridized carbons (Fsp3) is 0.250. The molecule has 0 unspecified atom stereocenters. The van der Waals surface area contributed by atoms with Gasteiger partial charge in [-0.2, -0.15) is 0 Å². The third-order valence-electron chi connectivity index (χ3n) is 10.1. The van der Waals surface area contributed by atoms with Gasteiger partial charge in [-0.05, 0) is 91.2 Å². The molecule has 0 fully saturated rings. The van der Waals surface area contributed by atoms with E-state index < -0.39 is 0 Å². The second-order valence-corrected chi connectivity index (χ2v) is 13.8. The minimum Gasteiger partial charge on any atom is -0.489 e. The molecule has 272 valence electrons. The Bertz CT molecular complexity index is 2130. The van der Waals surface area contributed by atoms with Crippen molar-refractivity contribution in [3.05, 3.63) is 156 Å². The van der Waals surface area contributed by atoms with E-state index in [1.165, 1.54) is 25.7 Å². The Morgan fingerprint density at radius 1 is 0.463 bits per heavy atom. The van der Waals surface area contributed by atoms with Crippen LogP contribution >= 0.6 is 0 Å². The Kier molecular flexibility index (Phi) is 12.2. The van der Waals surface area contributed by atoms with E-state index >= 15 is 0 Å². The van der Waals surface area contributed by atoms with Gasteiger partial charge in [0.05, 0.1) is 18.9 Å². The summed E-state index contributed by atoms with van der Waals surface area (Å²) in [7, 11) is 0. The maximum absolute atomic E-state index is 11.5. The van der Waals surface area contributed by atoms with Crippen molar-refractivity contribution in [3.63, 3.8) is 0 Å². The van der Waals surface area contributed by atoms with E-state index in [0.29, 0.717) is 43.0 Å². The molecule has 4 aromatic carbocycles. The molecule has 6 nitrogen and oxygen atoms in total. The predicted octanol–water partition coefficient (Wildman–Crippen LogP) is 11.7. The number of nitrogens with zero attached hydrogens (tertiary/aromatic N) is 2. The summed E-state index contributed by atoms with van der Waals surface area (Å²) in [5.41, 5.74) is 9.07. The van der Waals surface area contributed by atoms with E-state index in [9.17, 15) is 9.59 Å². The van der Waals surface area contributed by atoms with Crippen LogP contribution in [0.25, 0.3) is 11.1 Å². The van der Waals surface area contributed by atoms with E-state index in [1.807, 2.05) is 66.6 Å². The van der Waals surface area contributed by atoms with Crippen LogP contribution in [0.2, 0.25) is 0 Å². The van der Waals surface area contributed by atoms with Crippen molar-refractivity contribution in [1.82, 2.24) is 0 Å². The number of para-hydroxylation sites is 2. The van der Waals surface area contributed by atoms with Crippen molar-refractivity contribution < 1.29 is 19.1 Å². The zero-order chi connectivity index (χ0) is 37.0. The van der Waals surface area contributed by atoms with Gasteiger partial charge in [0.15, 0.2) is 11.5 Å². The van der Waals surface area contributed by atoms with Gasteiger partial charge in [-0.1, -0.05) is 99.2 Å². The van der Waals surface area contributed by atoms with Crippen molar-refractivity contribution in [2.45, 2.75) is 64.2 Å². The van der Waals surface area contributed by atoms with Crippen LogP contribution in [-0.4, -0.2) is 25.1 Å². The van der Waals surface area contributed by atoms with Gasteiger partial charge in [-0.25, -0.2) is 9.59 Å². The molecule has 2 aliphatic carbocycles. The van der Waals surface area contributed by atoms with Crippen molar-refractivity contribution >= 4 is 34.6 Å². The molecule has 0 saturated carbocycles. The number of hydrogen-bond acceptors (Lipinski definition) is 6. The summed E-state index contributed by atoms with van der Waals surface area (Å²) in [5, 5.41) is 0. The first-order valence-corrected chi connectivity index (χ1v) is 19.2. The fourth-order valence-corrected chi connectivity index (χ4v) is 7.23. The number of rotatable bonds is 7.